The fourth-order valence-corrected chi connectivity index (χ4v) is 3.62. The van der Waals surface area contributed by atoms with E-state index in [0.717, 1.165) is 48.6 Å². The first kappa shape index (κ1) is 16.5. The van der Waals surface area contributed by atoms with E-state index in [0.29, 0.717) is 10.0 Å². The number of rotatable bonds is 2. The van der Waals surface area contributed by atoms with Crippen LogP contribution in [0.25, 0.3) is 16.9 Å². The summed E-state index contributed by atoms with van der Waals surface area (Å²) in [6.07, 6.45) is 3.34. The predicted octanol–water partition coefficient (Wildman–Crippen LogP) is 5.90. The third-order valence-electron chi connectivity index (χ3n) is 4.57. The zero-order chi connectivity index (χ0) is 17.4. The molecule has 1 aromatic heterocycles. The molecule has 1 N–H and O–H groups in total. The summed E-state index contributed by atoms with van der Waals surface area (Å²) < 4.78 is 1.96. The molecule has 1 aliphatic rings. The Morgan fingerprint density at radius 3 is 2.72 bits per heavy atom. The molecule has 2 heterocycles. The Morgan fingerprint density at radius 2 is 1.92 bits per heavy atom. The van der Waals surface area contributed by atoms with E-state index in [2.05, 4.69) is 36.5 Å². The highest BCUT2D eigenvalue weighted by Crippen LogP contribution is 2.35. The average molecular weight is 372 g/mol. The summed E-state index contributed by atoms with van der Waals surface area (Å²) in [6, 6.07) is 14.1. The minimum atomic E-state index is 0.536. The maximum atomic E-state index is 6.23. The number of nitrogens with zero attached hydrogens (tertiary/aromatic N) is 2. The fourth-order valence-electron chi connectivity index (χ4n) is 3.33. The van der Waals surface area contributed by atoms with Gasteiger partial charge in [-0.05, 0) is 50.5 Å². The fraction of sp³-hybridized carbons (Fsp3) is 0.250. The smallest absolute Gasteiger partial charge is 0.133 e. The maximum Gasteiger partial charge on any atom is 0.133 e. The van der Waals surface area contributed by atoms with E-state index in [1.165, 1.54) is 11.1 Å². The Bertz CT molecular complexity index is 931. The van der Waals surface area contributed by atoms with E-state index >= 15 is 0 Å². The van der Waals surface area contributed by atoms with E-state index in [1.54, 1.807) is 0 Å². The number of benzene rings is 2. The lowest BCUT2D eigenvalue weighted by Gasteiger charge is -2.10. The van der Waals surface area contributed by atoms with Crippen LogP contribution in [0.15, 0.2) is 42.5 Å². The van der Waals surface area contributed by atoms with Gasteiger partial charge in [0, 0.05) is 17.7 Å². The molecule has 0 radical (unpaired) electrons. The van der Waals surface area contributed by atoms with Gasteiger partial charge >= 0.3 is 0 Å². The Kier molecular flexibility index (Phi) is 4.45. The van der Waals surface area contributed by atoms with Crippen molar-refractivity contribution in [3.05, 3.63) is 63.6 Å². The van der Waals surface area contributed by atoms with Crippen molar-refractivity contribution in [2.45, 2.75) is 26.2 Å². The third kappa shape index (κ3) is 3.14. The highest BCUT2D eigenvalue weighted by atomic mass is 35.5. The molecule has 2 aromatic carbocycles. The molecule has 25 heavy (non-hydrogen) atoms. The van der Waals surface area contributed by atoms with Crippen LogP contribution in [-0.2, 0) is 6.42 Å². The molecule has 3 nitrogen and oxygen atoms in total. The molecular formula is C20H19Cl2N3. The quantitative estimate of drug-likeness (QED) is 0.607. The van der Waals surface area contributed by atoms with Gasteiger partial charge in [0.2, 0.25) is 0 Å². The first-order valence-corrected chi connectivity index (χ1v) is 9.27. The number of nitrogens with one attached hydrogen (secondary N) is 1. The number of anilines is 1. The van der Waals surface area contributed by atoms with Crippen molar-refractivity contribution in [1.82, 2.24) is 9.78 Å². The molecule has 4 rings (SSSR count). The van der Waals surface area contributed by atoms with Crippen molar-refractivity contribution >= 4 is 29.0 Å². The molecule has 0 bridgehead atoms. The van der Waals surface area contributed by atoms with E-state index in [1.807, 2.05) is 22.9 Å². The van der Waals surface area contributed by atoms with E-state index < -0.39 is 0 Å². The highest BCUT2D eigenvalue weighted by Gasteiger charge is 2.22. The van der Waals surface area contributed by atoms with Crippen LogP contribution in [0.5, 0.6) is 0 Å². The summed E-state index contributed by atoms with van der Waals surface area (Å²) in [4.78, 5) is 0. The van der Waals surface area contributed by atoms with Crippen molar-refractivity contribution < 1.29 is 0 Å². The van der Waals surface area contributed by atoms with Crippen LogP contribution in [0.1, 0.15) is 24.0 Å². The van der Waals surface area contributed by atoms with Crippen LogP contribution in [0.2, 0.25) is 10.0 Å². The molecule has 0 spiro atoms. The van der Waals surface area contributed by atoms with Gasteiger partial charge in [-0.3, -0.25) is 0 Å². The Morgan fingerprint density at radius 1 is 1.04 bits per heavy atom. The van der Waals surface area contributed by atoms with Crippen molar-refractivity contribution in [2.24, 2.45) is 0 Å². The Balaban J connectivity index is 1.91. The number of fused-ring (bicyclic) bond motifs is 1. The van der Waals surface area contributed by atoms with Gasteiger partial charge in [0.05, 0.1) is 21.4 Å². The third-order valence-corrected chi connectivity index (χ3v) is 5.31. The molecule has 3 aromatic rings. The number of aromatic nitrogens is 2. The molecule has 5 heteroatoms. The molecular weight excluding hydrogens is 353 g/mol. The van der Waals surface area contributed by atoms with Gasteiger partial charge in [0.15, 0.2) is 0 Å². The normalized spacial score (nSPS) is 13.9. The van der Waals surface area contributed by atoms with Crippen molar-refractivity contribution in [1.29, 1.82) is 0 Å². The van der Waals surface area contributed by atoms with Gasteiger partial charge in [-0.15, -0.1) is 0 Å². The molecule has 0 amide bonds. The van der Waals surface area contributed by atoms with Crippen molar-refractivity contribution in [2.75, 3.05) is 11.9 Å². The van der Waals surface area contributed by atoms with Gasteiger partial charge < -0.3 is 5.32 Å². The second-order valence-corrected chi connectivity index (χ2v) is 7.25. The SMILES string of the molecule is Cc1cccc(-c2nn(-c3ccc(Cl)c(Cl)c3)c3c2CCCCN3)c1. The topological polar surface area (TPSA) is 29.9 Å². The number of aryl methyl sites for hydroxylation is 1. The van der Waals surface area contributed by atoms with Gasteiger partial charge in [-0.25, -0.2) is 4.68 Å². The number of hydrogen-bond acceptors (Lipinski definition) is 2. The summed E-state index contributed by atoms with van der Waals surface area (Å²) in [7, 11) is 0. The van der Waals surface area contributed by atoms with Gasteiger partial charge in [-0.1, -0.05) is 47.0 Å². The van der Waals surface area contributed by atoms with Crippen molar-refractivity contribution in [3.63, 3.8) is 0 Å². The summed E-state index contributed by atoms with van der Waals surface area (Å²) in [5, 5.41) is 9.58. The summed E-state index contributed by atoms with van der Waals surface area (Å²) in [5.41, 5.74) is 5.61. The molecule has 1 aliphatic heterocycles. The van der Waals surface area contributed by atoms with E-state index in [9.17, 15) is 0 Å². The first-order valence-electron chi connectivity index (χ1n) is 8.52. The summed E-state index contributed by atoms with van der Waals surface area (Å²) in [5.74, 6) is 1.06. The summed E-state index contributed by atoms with van der Waals surface area (Å²) >= 11 is 12.3. The van der Waals surface area contributed by atoms with Crippen molar-refractivity contribution in [3.8, 4) is 16.9 Å². The molecule has 0 fully saturated rings. The minimum Gasteiger partial charge on any atom is -0.370 e. The molecule has 128 valence electrons. The highest BCUT2D eigenvalue weighted by molar-refractivity contribution is 6.42. The second-order valence-electron chi connectivity index (χ2n) is 6.44. The maximum absolute atomic E-state index is 6.23. The van der Waals surface area contributed by atoms with Crippen LogP contribution in [0.4, 0.5) is 5.82 Å². The molecule has 0 saturated carbocycles. The van der Waals surface area contributed by atoms with Crippen LogP contribution in [-0.4, -0.2) is 16.3 Å². The lowest BCUT2D eigenvalue weighted by Crippen LogP contribution is -2.07. The van der Waals surface area contributed by atoms with Crippen LogP contribution in [0, 0.1) is 6.92 Å². The lowest BCUT2D eigenvalue weighted by atomic mass is 10.0. The predicted molar refractivity (Wildman–Crippen MR) is 105 cm³/mol. The van der Waals surface area contributed by atoms with Crippen LogP contribution >= 0.6 is 23.2 Å². The van der Waals surface area contributed by atoms with Crippen LogP contribution < -0.4 is 5.32 Å². The molecule has 0 aliphatic carbocycles. The monoisotopic (exact) mass is 371 g/mol. The standard InChI is InChI=1S/C20H19Cl2N3/c1-13-5-4-6-14(11-13)19-16-7-2-3-10-23-20(16)25(24-19)15-8-9-17(21)18(22)12-15/h4-6,8-9,11-12,23H,2-3,7,10H2,1H3. The zero-order valence-electron chi connectivity index (χ0n) is 14.0. The first-order chi connectivity index (χ1) is 12.1. The summed E-state index contributed by atoms with van der Waals surface area (Å²) in [6.45, 7) is 3.06. The lowest BCUT2D eigenvalue weighted by molar-refractivity contribution is 0.780. The second kappa shape index (κ2) is 6.74. The Labute approximate surface area is 157 Å². The average Bonchev–Trinajstić information content (AvgIpc) is 2.79. The van der Waals surface area contributed by atoms with E-state index in [4.69, 9.17) is 28.3 Å². The van der Waals surface area contributed by atoms with Gasteiger partial charge in [0.25, 0.3) is 0 Å². The van der Waals surface area contributed by atoms with E-state index in [-0.39, 0.29) is 0 Å². The minimum absolute atomic E-state index is 0.536. The number of halogens is 2. The van der Waals surface area contributed by atoms with Gasteiger partial charge in [-0.2, -0.15) is 5.10 Å². The zero-order valence-corrected chi connectivity index (χ0v) is 15.5. The Hall–Kier alpha value is -1.97. The van der Waals surface area contributed by atoms with Crippen LogP contribution in [0.3, 0.4) is 0 Å². The largest absolute Gasteiger partial charge is 0.370 e. The molecule has 0 atom stereocenters. The molecule has 0 unspecified atom stereocenters. The van der Waals surface area contributed by atoms with Gasteiger partial charge in [0.1, 0.15) is 5.82 Å². The number of hydrogen-bond donors (Lipinski definition) is 1. The molecule has 0 saturated heterocycles.